The van der Waals surface area contributed by atoms with Gasteiger partial charge in [-0.3, -0.25) is 19.9 Å². The van der Waals surface area contributed by atoms with Gasteiger partial charge in [-0.1, -0.05) is 250 Å². The average Bonchev–Trinajstić information content (AvgIpc) is 1.55. The van der Waals surface area contributed by atoms with Gasteiger partial charge in [0.25, 0.3) is 0 Å². The molecule has 0 amide bonds. The zero-order valence-electron chi connectivity index (χ0n) is 72.0. The highest BCUT2D eigenvalue weighted by Crippen LogP contribution is 2.58. The van der Waals surface area contributed by atoms with E-state index in [0.29, 0.717) is 0 Å². The highest BCUT2D eigenvalue weighted by Gasteiger charge is 2.46. The number of hydrogen-bond acceptors (Lipinski definition) is 8. The summed E-state index contributed by atoms with van der Waals surface area (Å²) in [5.41, 5.74) is 42.2. The Kier molecular flexibility index (Phi) is 20.0. The van der Waals surface area contributed by atoms with Crippen molar-refractivity contribution in [2.24, 2.45) is 0 Å². The fourth-order valence-electron chi connectivity index (χ4n) is 19.8. The summed E-state index contributed by atoms with van der Waals surface area (Å²) < 4.78 is 2.47. The zero-order chi connectivity index (χ0) is 87.4. The summed E-state index contributed by atoms with van der Waals surface area (Å²) in [5, 5.41) is 2.48. The molecular formula is C122H83N9. The first kappa shape index (κ1) is 78.6. The summed E-state index contributed by atoms with van der Waals surface area (Å²) in [5.74, 6) is 0. The van der Waals surface area contributed by atoms with Crippen molar-refractivity contribution in [1.82, 2.24) is 44.4 Å². The van der Waals surface area contributed by atoms with Crippen molar-refractivity contribution in [3.8, 4) is 174 Å². The van der Waals surface area contributed by atoms with Crippen LogP contribution in [0.3, 0.4) is 0 Å². The molecule has 0 fully saturated rings. The minimum absolute atomic E-state index is 0.139. The third-order valence-electron chi connectivity index (χ3n) is 26.1. The van der Waals surface area contributed by atoms with Gasteiger partial charge in [-0.2, -0.15) is 0 Å². The van der Waals surface area contributed by atoms with E-state index in [1.807, 2.05) is 97.6 Å². The number of fused-ring (bicyclic) bond motifs is 9. The Labute approximate surface area is 761 Å². The smallest absolute Gasteiger partial charge is 0.0725 e. The van der Waals surface area contributed by atoms with Gasteiger partial charge in [0, 0.05) is 116 Å². The fraction of sp³-hybridized carbons (Fsp3) is 0.0328. The maximum absolute atomic E-state index is 5.11. The monoisotopic (exact) mass is 1670 g/mol. The second-order valence-corrected chi connectivity index (χ2v) is 34.2. The molecule has 0 spiro atoms. The van der Waals surface area contributed by atoms with Crippen molar-refractivity contribution in [3.63, 3.8) is 0 Å². The Hall–Kier alpha value is -17.1. The minimum Gasteiger partial charge on any atom is -0.309 e. The van der Waals surface area contributed by atoms with Crippen LogP contribution in [0.2, 0.25) is 0 Å². The van der Waals surface area contributed by atoms with Gasteiger partial charge >= 0.3 is 0 Å². The molecule has 131 heavy (non-hydrogen) atoms. The molecule has 0 radical (unpaired) electrons. The largest absolute Gasteiger partial charge is 0.309 e. The summed E-state index contributed by atoms with van der Waals surface area (Å²) in [7, 11) is 0. The van der Waals surface area contributed by atoms with E-state index in [9.17, 15) is 0 Å². The molecular weight excluding hydrogens is 1590 g/mol. The molecule has 24 rings (SSSR count). The summed E-state index contributed by atoms with van der Waals surface area (Å²) in [6.07, 6.45) is 14.6. The van der Waals surface area contributed by atoms with Crippen molar-refractivity contribution in [1.29, 1.82) is 0 Å². The molecule has 9 heterocycles. The van der Waals surface area contributed by atoms with E-state index in [4.69, 9.17) is 19.9 Å². The van der Waals surface area contributed by atoms with Crippen LogP contribution in [0, 0.1) is 0 Å². The molecule has 9 nitrogen and oxygen atoms in total. The Morgan fingerprint density at radius 1 is 0.191 bits per heavy atom. The van der Waals surface area contributed by atoms with Crippen LogP contribution in [0.5, 0.6) is 0 Å². The zero-order valence-corrected chi connectivity index (χ0v) is 72.0. The molecule has 0 bridgehead atoms. The van der Waals surface area contributed by atoms with Crippen LogP contribution in [0.4, 0.5) is 0 Å². The minimum atomic E-state index is -0.512. The van der Waals surface area contributed by atoms with E-state index in [2.05, 4.69) is 384 Å². The number of benzene rings is 13. The van der Waals surface area contributed by atoms with Gasteiger partial charge in [0.15, 0.2) is 0 Å². The van der Waals surface area contributed by atoms with Crippen LogP contribution in [0.25, 0.3) is 195 Å². The highest BCUT2D eigenvalue weighted by molar-refractivity contribution is 6.12. The quantitative estimate of drug-likeness (QED) is 0.0941. The van der Waals surface area contributed by atoms with Gasteiger partial charge in [-0.05, 0) is 293 Å². The van der Waals surface area contributed by atoms with Crippen LogP contribution in [0.15, 0.2) is 468 Å². The number of rotatable bonds is 16. The van der Waals surface area contributed by atoms with Gasteiger partial charge in [-0.25, -0.2) is 19.9 Å². The molecule has 13 aromatic carbocycles. The Morgan fingerprint density at radius 2 is 0.511 bits per heavy atom. The fourth-order valence-corrected chi connectivity index (χ4v) is 19.8. The van der Waals surface area contributed by atoms with Crippen molar-refractivity contribution in [2.75, 3.05) is 0 Å². The van der Waals surface area contributed by atoms with Gasteiger partial charge in [0.1, 0.15) is 0 Å². The van der Waals surface area contributed by atoms with E-state index < -0.39 is 5.41 Å². The first-order chi connectivity index (χ1) is 64.6. The molecule has 9 aromatic heterocycles. The molecule has 0 saturated carbocycles. The van der Waals surface area contributed by atoms with E-state index in [1.54, 1.807) is 24.8 Å². The van der Waals surface area contributed by atoms with Crippen molar-refractivity contribution in [2.45, 2.75) is 24.7 Å². The third-order valence-corrected chi connectivity index (χ3v) is 26.1. The molecule has 0 N–H and O–H groups in total. The lowest BCUT2D eigenvalue weighted by atomic mass is 9.67. The van der Waals surface area contributed by atoms with Crippen LogP contribution < -0.4 is 0 Å². The molecule has 616 valence electrons. The number of hydrogen-bond donors (Lipinski definition) is 0. The standard InChI is InChI=1S/C63H42N4.C59H41N5/c1-3-21-53(22-4-1)63(54-23-5-2-6-24-54)57-26-8-7-25-55(57)56-32-31-45(40-58(56)63)52-38-50(43-15-9-17-46(35-43)59-27-11-29-61(66-59)48-19-13-33-64-41-48)37-51(39-52)44-16-10-18-47(36-44)60-28-12-30-62(67-60)49-20-14-34-65-42-49;1-59(2)51-21-5-3-19-47(51)49-34-50-48-20-4-6-26-57(48)64(58(50)35-52(49)59)46-32-44(38-13-7-15-40(29-38)53-22-9-24-55(62-53)42-17-11-27-60-36-42)31-45(33-46)39-14-8-16-41(30-39)54-23-10-25-56(63-54)43-18-12-28-61-37-43/h1-42H;3-37H,1-2H3. The second kappa shape index (κ2) is 33.3. The van der Waals surface area contributed by atoms with Gasteiger partial charge in [-0.15, -0.1) is 0 Å². The summed E-state index contributed by atoms with van der Waals surface area (Å²) >= 11 is 0. The van der Waals surface area contributed by atoms with E-state index in [0.717, 1.165) is 151 Å². The van der Waals surface area contributed by atoms with Crippen LogP contribution in [0.1, 0.15) is 47.2 Å². The van der Waals surface area contributed by atoms with Crippen molar-refractivity contribution < 1.29 is 0 Å². The predicted octanol–water partition coefficient (Wildman–Crippen LogP) is 30.0. The van der Waals surface area contributed by atoms with E-state index >= 15 is 0 Å². The Balaban J connectivity index is 0.000000149. The van der Waals surface area contributed by atoms with Crippen LogP contribution >= 0.6 is 0 Å². The number of aromatic nitrogens is 9. The Morgan fingerprint density at radius 3 is 0.924 bits per heavy atom. The lowest BCUT2D eigenvalue weighted by Gasteiger charge is -2.34. The number of para-hydroxylation sites is 1. The molecule has 9 heteroatoms. The molecule has 0 saturated heterocycles. The van der Waals surface area contributed by atoms with Crippen LogP contribution in [-0.4, -0.2) is 44.4 Å². The third kappa shape index (κ3) is 14.5. The van der Waals surface area contributed by atoms with Crippen molar-refractivity contribution in [3.05, 3.63) is 502 Å². The van der Waals surface area contributed by atoms with E-state index in [-0.39, 0.29) is 5.41 Å². The SMILES string of the molecule is CC1(C)c2ccccc2-c2cc3c4ccccc4n(-c4cc(-c5cccc(-c6cccc(-c7cccnc7)n6)c5)cc(-c5cccc(-c6cccc(-c7cccnc7)n6)c5)c4)c3cc21.c1ccc(C2(c3ccccc3)c3ccccc3-c3ccc(-c4cc(-c5cccc(-c6cccc(-c7cccnc7)n6)c5)cc(-c5cccc(-c6cccc(-c7cccnc7)n6)c5)c4)cc32)cc1. The summed E-state index contributed by atoms with van der Waals surface area (Å²) in [6.45, 7) is 4.72. The molecule has 2 aliphatic carbocycles. The molecule has 2 aliphatic rings. The van der Waals surface area contributed by atoms with Crippen molar-refractivity contribution >= 4 is 21.8 Å². The predicted molar refractivity (Wildman–Crippen MR) is 535 cm³/mol. The van der Waals surface area contributed by atoms with E-state index in [1.165, 1.54) is 77.4 Å². The summed E-state index contributed by atoms with van der Waals surface area (Å²) in [6, 6.07) is 151. The molecule has 0 atom stereocenters. The number of nitrogens with zero attached hydrogens (tertiary/aromatic N) is 9. The number of pyridine rings is 8. The molecule has 0 aliphatic heterocycles. The summed E-state index contributed by atoms with van der Waals surface area (Å²) in [4.78, 5) is 37.8. The molecule has 22 aromatic rings. The normalized spacial score (nSPS) is 12.5. The second-order valence-electron chi connectivity index (χ2n) is 34.2. The molecule has 0 unspecified atom stereocenters. The highest BCUT2D eigenvalue weighted by atomic mass is 15.0. The lowest BCUT2D eigenvalue weighted by Crippen LogP contribution is -2.28. The first-order valence-electron chi connectivity index (χ1n) is 44.4. The Bertz CT molecular complexity index is 7790. The van der Waals surface area contributed by atoms with Crippen LogP contribution in [-0.2, 0) is 10.8 Å². The lowest BCUT2D eigenvalue weighted by molar-refractivity contribution is 0.661. The first-order valence-corrected chi connectivity index (χ1v) is 44.4. The van der Waals surface area contributed by atoms with Gasteiger partial charge < -0.3 is 4.57 Å². The topological polar surface area (TPSA) is 108 Å². The van der Waals surface area contributed by atoms with Gasteiger partial charge in [0.05, 0.1) is 62.0 Å². The maximum Gasteiger partial charge on any atom is 0.0725 e. The maximum atomic E-state index is 5.11. The average molecular weight is 1680 g/mol. The van der Waals surface area contributed by atoms with Gasteiger partial charge in [0.2, 0.25) is 0 Å².